The number of alkyl halides is 1. The molecule has 1 fully saturated rings. The van der Waals surface area contributed by atoms with Crippen molar-refractivity contribution < 1.29 is 9.18 Å². The minimum absolute atomic E-state index is 0.0891. The van der Waals surface area contributed by atoms with Crippen LogP contribution in [0.15, 0.2) is 0 Å². The first kappa shape index (κ1) is 9.25. The molecule has 1 aliphatic heterocycles. The van der Waals surface area contributed by atoms with Crippen molar-refractivity contribution in [2.24, 2.45) is 0 Å². The average Bonchev–Trinajstić information content (AvgIpc) is 1.98. The van der Waals surface area contributed by atoms with E-state index in [0.717, 1.165) is 0 Å². The maximum atomic E-state index is 13.2. The highest BCUT2D eigenvalue weighted by molar-refractivity contribution is 5.73. The van der Waals surface area contributed by atoms with E-state index >= 15 is 0 Å². The molecule has 0 atom stereocenters. The predicted octanol–water partition coefficient (Wildman–Crippen LogP) is -0.383. The van der Waals surface area contributed by atoms with Crippen LogP contribution in [0.25, 0.3) is 0 Å². The predicted molar refractivity (Wildman–Crippen MR) is 43.8 cm³/mol. The van der Waals surface area contributed by atoms with Crippen LogP contribution in [-0.2, 0) is 0 Å². The normalized spacial score (nSPS) is 19.5. The molecule has 0 bridgehead atoms. The Morgan fingerprint density at radius 2 is 2.25 bits per heavy atom. The van der Waals surface area contributed by atoms with Gasteiger partial charge in [0.25, 0.3) is 0 Å². The van der Waals surface area contributed by atoms with Gasteiger partial charge in [0.05, 0.1) is 6.54 Å². The van der Waals surface area contributed by atoms with Crippen LogP contribution in [0.2, 0.25) is 0 Å². The molecule has 12 heavy (non-hydrogen) atoms. The summed E-state index contributed by atoms with van der Waals surface area (Å²) in [6.07, 6.45) is 0. The van der Waals surface area contributed by atoms with E-state index in [9.17, 15) is 9.18 Å². The molecule has 0 unspecified atom stereocenters. The highest BCUT2D eigenvalue weighted by Gasteiger charge is 2.36. The van der Waals surface area contributed by atoms with Gasteiger partial charge in [-0.05, 0) is 6.92 Å². The fourth-order valence-electron chi connectivity index (χ4n) is 0.983. The molecule has 0 aromatic carbocycles. The summed E-state index contributed by atoms with van der Waals surface area (Å²) in [7, 11) is 0. The largest absolute Gasteiger partial charge is 0.338 e. The van der Waals surface area contributed by atoms with Gasteiger partial charge in [-0.1, -0.05) is 0 Å². The van der Waals surface area contributed by atoms with Crippen molar-refractivity contribution in [2.45, 2.75) is 12.6 Å². The van der Waals surface area contributed by atoms with Crippen molar-refractivity contribution in [3.05, 3.63) is 0 Å². The Hall–Kier alpha value is -0.840. The van der Waals surface area contributed by atoms with Gasteiger partial charge >= 0.3 is 6.03 Å². The fraction of sp³-hybridized carbons (Fsp3) is 0.857. The number of hydrogen-bond acceptors (Lipinski definition) is 2. The lowest BCUT2D eigenvalue weighted by atomic mass is 10.00. The molecule has 2 amide bonds. The van der Waals surface area contributed by atoms with Gasteiger partial charge in [0.2, 0.25) is 0 Å². The molecule has 1 rings (SSSR count). The second-order valence-electron chi connectivity index (χ2n) is 2.97. The van der Waals surface area contributed by atoms with E-state index in [-0.39, 0.29) is 12.6 Å². The molecule has 5 heteroatoms. The Labute approximate surface area is 70.9 Å². The number of urea groups is 1. The standard InChI is InChI=1S/C7H14FN3O/c1-2-10-6(12)11-5-7(8)3-9-4-7/h9H,2-5H2,1H3,(H2,10,11,12). The van der Waals surface area contributed by atoms with E-state index in [1.807, 2.05) is 6.92 Å². The molecule has 1 aliphatic rings. The SMILES string of the molecule is CCNC(=O)NCC1(F)CNC1. The van der Waals surface area contributed by atoms with Crippen molar-refractivity contribution in [1.82, 2.24) is 16.0 Å². The van der Waals surface area contributed by atoms with Crippen molar-refractivity contribution in [3.63, 3.8) is 0 Å². The molecule has 0 spiro atoms. The van der Waals surface area contributed by atoms with Gasteiger partial charge in [-0.25, -0.2) is 9.18 Å². The minimum Gasteiger partial charge on any atom is -0.338 e. The molecule has 70 valence electrons. The van der Waals surface area contributed by atoms with E-state index < -0.39 is 5.67 Å². The number of nitrogens with one attached hydrogen (secondary N) is 3. The number of halogens is 1. The summed E-state index contributed by atoms with van der Waals surface area (Å²) < 4.78 is 13.2. The molecule has 1 heterocycles. The zero-order valence-electron chi connectivity index (χ0n) is 7.11. The van der Waals surface area contributed by atoms with Crippen molar-refractivity contribution in [2.75, 3.05) is 26.2 Å². The van der Waals surface area contributed by atoms with Gasteiger partial charge in [-0.2, -0.15) is 0 Å². The molecule has 4 nitrogen and oxygen atoms in total. The Balaban J connectivity index is 2.12. The second kappa shape index (κ2) is 3.71. The average molecular weight is 175 g/mol. The van der Waals surface area contributed by atoms with Crippen molar-refractivity contribution in [3.8, 4) is 0 Å². The Bertz CT molecular complexity index is 170. The minimum atomic E-state index is -1.23. The molecule has 3 N–H and O–H groups in total. The summed E-state index contributed by atoms with van der Waals surface area (Å²) >= 11 is 0. The number of carbonyl (C=O) groups excluding carboxylic acids is 1. The van der Waals surface area contributed by atoms with E-state index in [2.05, 4.69) is 16.0 Å². The van der Waals surface area contributed by atoms with Crippen LogP contribution in [0.3, 0.4) is 0 Å². The second-order valence-corrected chi connectivity index (χ2v) is 2.97. The zero-order valence-corrected chi connectivity index (χ0v) is 7.11. The third-order valence-corrected chi connectivity index (χ3v) is 1.79. The summed E-state index contributed by atoms with van der Waals surface area (Å²) in [5.41, 5.74) is -1.23. The molecule has 1 saturated heterocycles. The Kier molecular flexibility index (Phi) is 2.86. The maximum Gasteiger partial charge on any atom is 0.314 e. The van der Waals surface area contributed by atoms with Crippen LogP contribution >= 0.6 is 0 Å². The van der Waals surface area contributed by atoms with Gasteiger partial charge in [-0.15, -0.1) is 0 Å². The monoisotopic (exact) mass is 175 g/mol. The molecule has 0 radical (unpaired) electrons. The zero-order chi connectivity index (χ0) is 9.03. The molecule has 0 aliphatic carbocycles. The van der Waals surface area contributed by atoms with E-state index in [0.29, 0.717) is 19.6 Å². The number of rotatable bonds is 3. The van der Waals surface area contributed by atoms with Gasteiger partial charge in [-0.3, -0.25) is 0 Å². The van der Waals surface area contributed by atoms with Crippen molar-refractivity contribution in [1.29, 1.82) is 0 Å². The van der Waals surface area contributed by atoms with Crippen LogP contribution in [0.5, 0.6) is 0 Å². The van der Waals surface area contributed by atoms with Crippen LogP contribution in [0, 0.1) is 0 Å². The van der Waals surface area contributed by atoms with Gasteiger partial charge in [0, 0.05) is 19.6 Å². The van der Waals surface area contributed by atoms with E-state index in [1.54, 1.807) is 0 Å². The lowest BCUT2D eigenvalue weighted by Crippen LogP contribution is -2.62. The van der Waals surface area contributed by atoms with Crippen LogP contribution < -0.4 is 16.0 Å². The first-order chi connectivity index (χ1) is 5.66. The lowest BCUT2D eigenvalue weighted by Gasteiger charge is -2.34. The van der Waals surface area contributed by atoms with Crippen molar-refractivity contribution >= 4 is 6.03 Å². The molecule has 0 aromatic rings. The highest BCUT2D eigenvalue weighted by atomic mass is 19.1. The topological polar surface area (TPSA) is 53.2 Å². The summed E-state index contributed by atoms with van der Waals surface area (Å²) in [5.74, 6) is 0. The van der Waals surface area contributed by atoms with Crippen LogP contribution in [-0.4, -0.2) is 37.9 Å². The van der Waals surface area contributed by atoms with E-state index in [4.69, 9.17) is 0 Å². The lowest BCUT2D eigenvalue weighted by molar-refractivity contribution is 0.0919. The molecular formula is C7H14FN3O. The summed E-state index contributed by atoms with van der Waals surface area (Å²) in [5, 5.41) is 7.80. The first-order valence-corrected chi connectivity index (χ1v) is 4.08. The number of amides is 2. The van der Waals surface area contributed by atoms with E-state index in [1.165, 1.54) is 0 Å². The molecule has 0 aromatic heterocycles. The maximum absolute atomic E-state index is 13.2. The summed E-state index contributed by atoms with van der Waals surface area (Å²) in [6.45, 7) is 3.13. The Morgan fingerprint density at radius 3 is 2.67 bits per heavy atom. The number of hydrogen-bond donors (Lipinski definition) is 3. The summed E-state index contributed by atoms with van der Waals surface area (Å²) in [6, 6.07) is -0.304. The van der Waals surface area contributed by atoms with Crippen LogP contribution in [0.1, 0.15) is 6.92 Å². The third-order valence-electron chi connectivity index (χ3n) is 1.79. The third kappa shape index (κ3) is 2.34. The molecular weight excluding hydrogens is 161 g/mol. The smallest absolute Gasteiger partial charge is 0.314 e. The van der Waals surface area contributed by atoms with Gasteiger partial charge in [0.15, 0.2) is 5.67 Å². The van der Waals surface area contributed by atoms with Gasteiger partial charge in [0.1, 0.15) is 0 Å². The quantitative estimate of drug-likeness (QED) is 0.547. The van der Waals surface area contributed by atoms with Gasteiger partial charge < -0.3 is 16.0 Å². The van der Waals surface area contributed by atoms with Crippen LogP contribution in [0.4, 0.5) is 9.18 Å². The Morgan fingerprint density at radius 1 is 1.58 bits per heavy atom. The first-order valence-electron chi connectivity index (χ1n) is 4.08. The highest BCUT2D eigenvalue weighted by Crippen LogP contribution is 2.14. The fourth-order valence-corrected chi connectivity index (χ4v) is 0.983. The summed E-state index contributed by atoms with van der Waals surface area (Å²) in [4.78, 5) is 10.8. The molecule has 0 saturated carbocycles. The number of carbonyl (C=O) groups is 1.